The molecule has 0 aromatic heterocycles. The topological polar surface area (TPSA) is 32.7 Å². The van der Waals surface area contributed by atoms with Crippen molar-refractivity contribution in [1.29, 1.82) is 0 Å². The van der Waals surface area contributed by atoms with E-state index in [1.807, 2.05) is 0 Å². The Morgan fingerprint density at radius 3 is 2.55 bits per heavy atom. The highest BCUT2D eigenvalue weighted by Gasteiger charge is 2.39. The number of nitrogens with zero attached hydrogens (tertiary/aromatic N) is 1. The normalized spacial score (nSPS) is 21.4. The van der Waals surface area contributed by atoms with Crippen molar-refractivity contribution in [3.63, 3.8) is 0 Å². The van der Waals surface area contributed by atoms with E-state index in [4.69, 9.17) is 4.74 Å². The van der Waals surface area contributed by atoms with Crippen LogP contribution in [0.3, 0.4) is 0 Å². The van der Waals surface area contributed by atoms with Crippen LogP contribution in [0.1, 0.15) is 43.1 Å². The van der Waals surface area contributed by atoms with Crippen LogP contribution in [0.5, 0.6) is 0 Å². The van der Waals surface area contributed by atoms with E-state index in [9.17, 15) is 5.11 Å². The minimum Gasteiger partial charge on any atom is -0.386 e. The van der Waals surface area contributed by atoms with Crippen molar-refractivity contribution in [3.05, 3.63) is 34.9 Å². The van der Waals surface area contributed by atoms with Gasteiger partial charge in [0, 0.05) is 18.6 Å². The maximum Gasteiger partial charge on any atom is 0.0973 e. The van der Waals surface area contributed by atoms with Crippen LogP contribution in [-0.2, 0) is 4.74 Å². The van der Waals surface area contributed by atoms with E-state index in [2.05, 4.69) is 50.8 Å². The first-order valence-electron chi connectivity index (χ1n) is 7.57. The van der Waals surface area contributed by atoms with Gasteiger partial charge >= 0.3 is 0 Å². The van der Waals surface area contributed by atoms with E-state index in [0.717, 1.165) is 43.9 Å². The molecule has 2 unspecified atom stereocenters. The molecule has 0 bridgehead atoms. The van der Waals surface area contributed by atoms with Crippen molar-refractivity contribution in [2.45, 2.75) is 45.8 Å². The van der Waals surface area contributed by atoms with E-state index < -0.39 is 6.10 Å². The molecule has 1 N–H and O–H groups in total. The van der Waals surface area contributed by atoms with E-state index >= 15 is 0 Å². The predicted octanol–water partition coefficient (Wildman–Crippen LogP) is 2.84. The summed E-state index contributed by atoms with van der Waals surface area (Å²) in [6, 6.07) is 6.32. The number of rotatable bonds is 4. The van der Waals surface area contributed by atoms with Crippen molar-refractivity contribution >= 4 is 0 Å². The first-order valence-corrected chi connectivity index (χ1v) is 7.57. The molecule has 0 aliphatic carbocycles. The van der Waals surface area contributed by atoms with E-state index in [0.29, 0.717) is 0 Å². The summed E-state index contributed by atoms with van der Waals surface area (Å²) in [5, 5.41) is 11.0. The average Bonchev–Trinajstić information content (AvgIpc) is 2.49. The molecule has 20 heavy (non-hydrogen) atoms. The van der Waals surface area contributed by atoms with E-state index in [1.165, 1.54) is 5.56 Å². The lowest BCUT2D eigenvalue weighted by Crippen LogP contribution is -2.54. The van der Waals surface area contributed by atoms with Gasteiger partial charge in [-0.25, -0.2) is 0 Å². The minimum absolute atomic E-state index is 0.234. The number of benzene rings is 1. The number of hydrogen-bond donors (Lipinski definition) is 1. The van der Waals surface area contributed by atoms with Gasteiger partial charge in [-0.3, -0.25) is 4.90 Å². The summed E-state index contributed by atoms with van der Waals surface area (Å²) >= 11 is 0. The summed E-state index contributed by atoms with van der Waals surface area (Å²) in [6.07, 6.45) is 0.451. The fourth-order valence-corrected chi connectivity index (χ4v) is 3.05. The van der Waals surface area contributed by atoms with Crippen LogP contribution in [0.2, 0.25) is 0 Å². The van der Waals surface area contributed by atoms with Crippen LogP contribution >= 0.6 is 0 Å². The van der Waals surface area contributed by atoms with Crippen molar-refractivity contribution in [1.82, 2.24) is 4.90 Å². The van der Waals surface area contributed by atoms with E-state index in [1.54, 1.807) is 0 Å². The molecule has 0 radical (unpaired) electrons. The highest BCUT2D eigenvalue weighted by Crippen LogP contribution is 2.36. The third-order valence-electron chi connectivity index (χ3n) is 4.77. The van der Waals surface area contributed by atoms with Crippen molar-refractivity contribution < 1.29 is 9.84 Å². The summed E-state index contributed by atoms with van der Waals surface area (Å²) in [7, 11) is 0. The molecule has 2 rings (SSSR count). The molecule has 2 atom stereocenters. The summed E-state index contributed by atoms with van der Waals surface area (Å²) < 4.78 is 5.44. The van der Waals surface area contributed by atoms with Crippen LogP contribution in [0.4, 0.5) is 0 Å². The molecule has 1 aliphatic rings. The third-order valence-corrected chi connectivity index (χ3v) is 4.77. The summed E-state index contributed by atoms with van der Waals surface area (Å²) in [4.78, 5) is 2.38. The Labute approximate surface area is 122 Å². The zero-order chi connectivity index (χ0) is 14.8. The van der Waals surface area contributed by atoms with Crippen LogP contribution in [0.25, 0.3) is 0 Å². The average molecular weight is 277 g/mol. The quantitative estimate of drug-likeness (QED) is 0.918. The molecule has 112 valence electrons. The molecule has 3 heteroatoms. The first-order chi connectivity index (χ1) is 9.49. The molecule has 1 fully saturated rings. The van der Waals surface area contributed by atoms with Gasteiger partial charge in [-0.2, -0.15) is 0 Å². The molecular formula is C17H27NO2. The maximum atomic E-state index is 11.0. The second-order valence-corrected chi connectivity index (χ2v) is 6.07. The largest absolute Gasteiger partial charge is 0.386 e. The maximum absolute atomic E-state index is 11.0. The Kier molecular flexibility index (Phi) is 4.84. The van der Waals surface area contributed by atoms with E-state index in [-0.39, 0.29) is 5.54 Å². The molecule has 3 nitrogen and oxygen atoms in total. The molecular weight excluding hydrogens is 250 g/mol. The molecule has 1 aromatic rings. The molecule has 0 amide bonds. The lowest BCUT2D eigenvalue weighted by molar-refractivity contribution is -0.0736. The van der Waals surface area contributed by atoms with Crippen molar-refractivity contribution in [2.24, 2.45) is 0 Å². The SMILES string of the molecule is CCC(C)(C(O)c1cc(C)ccc1C)N1CCOCC1. The zero-order valence-corrected chi connectivity index (χ0v) is 13.1. The second-order valence-electron chi connectivity index (χ2n) is 6.07. The van der Waals surface area contributed by atoms with Gasteiger partial charge in [0.05, 0.1) is 19.3 Å². The number of aryl methyl sites for hydroxylation is 2. The second kappa shape index (κ2) is 6.25. The van der Waals surface area contributed by atoms with Crippen LogP contribution < -0.4 is 0 Å². The van der Waals surface area contributed by atoms with Crippen LogP contribution in [0.15, 0.2) is 18.2 Å². The fourth-order valence-electron chi connectivity index (χ4n) is 3.05. The molecule has 0 saturated carbocycles. The van der Waals surface area contributed by atoms with Gasteiger partial charge in [-0.05, 0) is 38.3 Å². The van der Waals surface area contributed by atoms with Crippen molar-refractivity contribution in [3.8, 4) is 0 Å². The molecule has 0 spiro atoms. The lowest BCUT2D eigenvalue weighted by atomic mass is 9.83. The predicted molar refractivity (Wildman–Crippen MR) is 82.0 cm³/mol. The number of ether oxygens (including phenoxy) is 1. The molecule has 1 saturated heterocycles. The zero-order valence-electron chi connectivity index (χ0n) is 13.1. The Bertz CT molecular complexity index is 454. The number of hydrogen-bond acceptors (Lipinski definition) is 3. The van der Waals surface area contributed by atoms with Crippen LogP contribution in [0, 0.1) is 13.8 Å². The van der Waals surface area contributed by atoms with Crippen molar-refractivity contribution in [2.75, 3.05) is 26.3 Å². The Balaban J connectivity index is 2.31. The summed E-state index contributed by atoms with van der Waals surface area (Å²) in [5.74, 6) is 0. The number of morpholine rings is 1. The fraction of sp³-hybridized carbons (Fsp3) is 0.647. The minimum atomic E-state index is -0.467. The van der Waals surface area contributed by atoms with Gasteiger partial charge in [-0.1, -0.05) is 30.7 Å². The highest BCUT2D eigenvalue weighted by atomic mass is 16.5. The molecule has 1 aromatic carbocycles. The van der Waals surface area contributed by atoms with Gasteiger partial charge in [-0.15, -0.1) is 0 Å². The van der Waals surface area contributed by atoms with Gasteiger partial charge < -0.3 is 9.84 Å². The first kappa shape index (κ1) is 15.5. The standard InChI is InChI=1S/C17H27NO2/c1-5-17(4,18-8-10-20-11-9-18)16(19)15-12-13(2)6-7-14(15)3/h6-7,12,16,19H,5,8-11H2,1-4H3. The summed E-state index contributed by atoms with van der Waals surface area (Å²) in [6.45, 7) is 11.8. The van der Waals surface area contributed by atoms with Gasteiger partial charge in [0.1, 0.15) is 0 Å². The highest BCUT2D eigenvalue weighted by molar-refractivity contribution is 5.34. The monoisotopic (exact) mass is 277 g/mol. The Hall–Kier alpha value is -0.900. The lowest BCUT2D eigenvalue weighted by Gasteiger charge is -2.46. The third kappa shape index (κ3) is 2.90. The Morgan fingerprint density at radius 1 is 1.30 bits per heavy atom. The Morgan fingerprint density at radius 2 is 1.95 bits per heavy atom. The number of aliphatic hydroxyl groups is 1. The molecule has 1 aliphatic heterocycles. The van der Waals surface area contributed by atoms with Gasteiger partial charge in [0.2, 0.25) is 0 Å². The smallest absolute Gasteiger partial charge is 0.0973 e. The summed E-state index contributed by atoms with van der Waals surface area (Å²) in [5.41, 5.74) is 3.18. The number of aliphatic hydroxyl groups excluding tert-OH is 1. The van der Waals surface area contributed by atoms with Gasteiger partial charge in [0.15, 0.2) is 0 Å². The van der Waals surface area contributed by atoms with Crippen LogP contribution in [-0.4, -0.2) is 41.8 Å². The van der Waals surface area contributed by atoms with Gasteiger partial charge in [0.25, 0.3) is 0 Å². The molecule has 1 heterocycles.